The molecule has 0 heterocycles. The molecule has 1 rings (SSSR count). The van der Waals surface area contributed by atoms with Crippen LogP contribution in [0.4, 0.5) is 0 Å². The Bertz CT molecular complexity index is 111. The zero-order valence-electron chi connectivity index (χ0n) is 7.71. The fourth-order valence-corrected chi connectivity index (χ4v) is 2.32. The summed E-state index contributed by atoms with van der Waals surface area (Å²) in [5.41, 5.74) is 0. The third-order valence-electron chi connectivity index (χ3n) is 3.11. The van der Waals surface area contributed by atoms with E-state index in [-0.39, 0.29) is 0 Å². The fourth-order valence-electron chi connectivity index (χ4n) is 2.32. The lowest BCUT2D eigenvalue weighted by Gasteiger charge is -2.32. The van der Waals surface area contributed by atoms with Crippen molar-refractivity contribution >= 4 is 0 Å². The van der Waals surface area contributed by atoms with Crippen molar-refractivity contribution in [3.05, 3.63) is 0 Å². The molecule has 0 aromatic carbocycles. The molecule has 3 atom stereocenters. The Kier molecular flexibility index (Phi) is 3.38. The van der Waals surface area contributed by atoms with Crippen LogP contribution in [0.5, 0.6) is 0 Å². The molecule has 1 saturated carbocycles. The Hall–Kier alpha value is -0.0400. The van der Waals surface area contributed by atoms with Gasteiger partial charge in [-0.15, -0.1) is 0 Å². The standard InChI is InChI=1S/C10H20O/c1-8-3-4-10(5-6-11)9(2)7-8/h8-11H,3-7H2,1-2H3. The summed E-state index contributed by atoms with van der Waals surface area (Å²) in [6.07, 6.45) is 5.09. The van der Waals surface area contributed by atoms with Crippen LogP contribution in [0.3, 0.4) is 0 Å². The van der Waals surface area contributed by atoms with Crippen molar-refractivity contribution < 1.29 is 5.11 Å². The second kappa shape index (κ2) is 4.10. The van der Waals surface area contributed by atoms with Crippen molar-refractivity contribution in [3.8, 4) is 0 Å². The molecule has 1 aliphatic rings. The summed E-state index contributed by atoms with van der Waals surface area (Å²) in [4.78, 5) is 0. The van der Waals surface area contributed by atoms with E-state index in [4.69, 9.17) is 5.11 Å². The largest absolute Gasteiger partial charge is 0.396 e. The molecule has 1 fully saturated rings. The van der Waals surface area contributed by atoms with E-state index in [1.54, 1.807) is 0 Å². The lowest BCUT2D eigenvalue weighted by atomic mass is 9.74. The Morgan fingerprint density at radius 2 is 2.00 bits per heavy atom. The average molecular weight is 156 g/mol. The zero-order valence-corrected chi connectivity index (χ0v) is 7.71. The monoisotopic (exact) mass is 156 g/mol. The van der Waals surface area contributed by atoms with Gasteiger partial charge in [0.15, 0.2) is 0 Å². The summed E-state index contributed by atoms with van der Waals surface area (Å²) in [5, 5.41) is 8.80. The molecule has 0 spiro atoms. The molecule has 3 unspecified atom stereocenters. The number of hydrogen-bond donors (Lipinski definition) is 1. The van der Waals surface area contributed by atoms with Crippen molar-refractivity contribution in [2.24, 2.45) is 17.8 Å². The molecule has 0 bridgehead atoms. The lowest BCUT2D eigenvalue weighted by molar-refractivity contribution is 0.159. The molecule has 1 heteroatoms. The van der Waals surface area contributed by atoms with Crippen LogP contribution in [-0.2, 0) is 0 Å². The molecule has 0 aromatic rings. The second-order valence-electron chi connectivity index (χ2n) is 4.17. The summed E-state index contributed by atoms with van der Waals surface area (Å²) < 4.78 is 0. The van der Waals surface area contributed by atoms with Gasteiger partial charge in [0.05, 0.1) is 0 Å². The van der Waals surface area contributed by atoms with Gasteiger partial charge < -0.3 is 5.11 Å². The predicted octanol–water partition coefficient (Wildman–Crippen LogP) is 2.44. The van der Waals surface area contributed by atoms with Crippen molar-refractivity contribution in [2.45, 2.75) is 39.5 Å². The second-order valence-corrected chi connectivity index (χ2v) is 4.17. The van der Waals surface area contributed by atoms with Crippen LogP contribution < -0.4 is 0 Å². The van der Waals surface area contributed by atoms with Crippen molar-refractivity contribution in [1.82, 2.24) is 0 Å². The minimum absolute atomic E-state index is 0.378. The van der Waals surface area contributed by atoms with Gasteiger partial charge in [-0.05, 0) is 37.0 Å². The first-order valence-corrected chi connectivity index (χ1v) is 4.85. The minimum Gasteiger partial charge on any atom is -0.396 e. The van der Waals surface area contributed by atoms with E-state index in [2.05, 4.69) is 13.8 Å². The van der Waals surface area contributed by atoms with Gasteiger partial charge in [-0.25, -0.2) is 0 Å². The van der Waals surface area contributed by atoms with Crippen LogP contribution in [0.2, 0.25) is 0 Å². The Balaban J connectivity index is 2.31. The third kappa shape index (κ3) is 2.48. The predicted molar refractivity (Wildman–Crippen MR) is 47.4 cm³/mol. The van der Waals surface area contributed by atoms with E-state index in [0.717, 1.165) is 24.2 Å². The van der Waals surface area contributed by atoms with E-state index in [1.165, 1.54) is 19.3 Å². The highest BCUT2D eigenvalue weighted by molar-refractivity contribution is 4.75. The van der Waals surface area contributed by atoms with Gasteiger partial charge in [0.2, 0.25) is 0 Å². The van der Waals surface area contributed by atoms with Crippen LogP contribution in [0.15, 0.2) is 0 Å². The molecule has 0 aromatic heterocycles. The van der Waals surface area contributed by atoms with Gasteiger partial charge in [-0.1, -0.05) is 20.3 Å². The maximum atomic E-state index is 8.80. The first-order valence-electron chi connectivity index (χ1n) is 4.85. The smallest absolute Gasteiger partial charge is 0.0433 e. The van der Waals surface area contributed by atoms with Crippen LogP contribution in [-0.4, -0.2) is 11.7 Å². The van der Waals surface area contributed by atoms with E-state index in [1.807, 2.05) is 0 Å². The highest BCUT2D eigenvalue weighted by Crippen LogP contribution is 2.34. The summed E-state index contributed by atoms with van der Waals surface area (Å²) in [6.45, 7) is 5.05. The molecule has 66 valence electrons. The molecule has 0 radical (unpaired) electrons. The summed E-state index contributed by atoms with van der Waals surface area (Å²) in [7, 11) is 0. The van der Waals surface area contributed by atoms with E-state index < -0.39 is 0 Å². The first-order chi connectivity index (χ1) is 5.24. The number of aliphatic hydroxyl groups excluding tert-OH is 1. The number of rotatable bonds is 2. The highest BCUT2D eigenvalue weighted by atomic mass is 16.3. The van der Waals surface area contributed by atoms with Crippen LogP contribution in [0.25, 0.3) is 0 Å². The summed E-state index contributed by atoms with van der Waals surface area (Å²) in [5.74, 6) is 2.56. The van der Waals surface area contributed by atoms with Gasteiger partial charge in [0, 0.05) is 6.61 Å². The maximum Gasteiger partial charge on any atom is 0.0433 e. The lowest BCUT2D eigenvalue weighted by Crippen LogP contribution is -2.22. The molecule has 0 saturated heterocycles. The first kappa shape index (κ1) is 9.05. The Labute approximate surface area is 69.8 Å². The van der Waals surface area contributed by atoms with Gasteiger partial charge in [-0.3, -0.25) is 0 Å². The molecule has 1 nitrogen and oxygen atoms in total. The van der Waals surface area contributed by atoms with Gasteiger partial charge in [-0.2, -0.15) is 0 Å². The maximum absolute atomic E-state index is 8.80. The average Bonchev–Trinajstić information content (AvgIpc) is 1.95. The van der Waals surface area contributed by atoms with Crippen molar-refractivity contribution in [2.75, 3.05) is 6.61 Å². The van der Waals surface area contributed by atoms with E-state index >= 15 is 0 Å². The molecular formula is C10H20O. The highest BCUT2D eigenvalue weighted by Gasteiger charge is 2.24. The zero-order chi connectivity index (χ0) is 8.27. The summed E-state index contributed by atoms with van der Waals surface area (Å²) in [6, 6.07) is 0. The number of hydrogen-bond acceptors (Lipinski definition) is 1. The van der Waals surface area contributed by atoms with Crippen LogP contribution in [0.1, 0.15) is 39.5 Å². The number of aliphatic hydroxyl groups is 1. The molecule has 1 N–H and O–H groups in total. The van der Waals surface area contributed by atoms with Gasteiger partial charge >= 0.3 is 0 Å². The SMILES string of the molecule is CC1CCC(CCO)C(C)C1. The van der Waals surface area contributed by atoms with E-state index in [9.17, 15) is 0 Å². The normalized spacial score (nSPS) is 39.0. The molecule has 0 amide bonds. The minimum atomic E-state index is 0.378. The summed E-state index contributed by atoms with van der Waals surface area (Å²) >= 11 is 0. The fraction of sp³-hybridized carbons (Fsp3) is 1.00. The molecule has 1 aliphatic carbocycles. The molecule has 11 heavy (non-hydrogen) atoms. The van der Waals surface area contributed by atoms with E-state index in [0.29, 0.717) is 6.61 Å². The van der Waals surface area contributed by atoms with Crippen molar-refractivity contribution in [1.29, 1.82) is 0 Å². The Morgan fingerprint density at radius 3 is 2.55 bits per heavy atom. The van der Waals surface area contributed by atoms with Crippen molar-refractivity contribution in [3.63, 3.8) is 0 Å². The van der Waals surface area contributed by atoms with Crippen LogP contribution >= 0.6 is 0 Å². The topological polar surface area (TPSA) is 20.2 Å². The Morgan fingerprint density at radius 1 is 1.27 bits per heavy atom. The molecule has 0 aliphatic heterocycles. The van der Waals surface area contributed by atoms with Crippen LogP contribution in [0, 0.1) is 17.8 Å². The molecular weight excluding hydrogens is 136 g/mol. The van der Waals surface area contributed by atoms with Gasteiger partial charge in [0.25, 0.3) is 0 Å². The third-order valence-corrected chi connectivity index (χ3v) is 3.11. The quantitative estimate of drug-likeness (QED) is 0.651. The van der Waals surface area contributed by atoms with Gasteiger partial charge in [0.1, 0.15) is 0 Å².